The van der Waals surface area contributed by atoms with E-state index in [0.717, 1.165) is 0 Å². The molecular weight excluding hydrogens is 400 g/mol. The van der Waals surface area contributed by atoms with E-state index >= 15 is 0 Å². The molecule has 0 aliphatic carbocycles. The first-order chi connectivity index (χ1) is 13.4. The molecule has 0 aliphatic rings. The topological polar surface area (TPSA) is 96.6 Å². The van der Waals surface area contributed by atoms with Crippen LogP contribution in [0.2, 0.25) is 0 Å². The van der Waals surface area contributed by atoms with Gasteiger partial charge in [0.25, 0.3) is 5.22 Å². The van der Waals surface area contributed by atoms with Crippen LogP contribution in [0.15, 0.2) is 38.8 Å². The molecule has 0 N–H and O–H groups in total. The standard InChI is InChI=1S/C18H26N4O4S2/c1-5-21(6-2)16(23)13-27-18-20-19-17(26-18)14-9-11-15(12-10-14)28(24,25)22(7-3)8-4/h9-12H,5-8,13H2,1-4H3. The van der Waals surface area contributed by atoms with Crippen LogP contribution < -0.4 is 0 Å². The molecule has 1 aromatic heterocycles. The quantitative estimate of drug-likeness (QED) is 0.539. The van der Waals surface area contributed by atoms with Crippen LogP contribution in [-0.4, -0.2) is 65.7 Å². The largest absolute Gasteiger partial charge is 0.411 e. The highest BCUT2D eigenvalue weighted by molar-refractivity contribution is 7.99. The maximum Gasteiger partial charge on any atom is 0.277 e. The summed E-state index contributed by atoms with van der Waals surface area (Å²) in [6, 6.07) is 6.34. The predicted octanol–water partition coefficient (Wildman–Crippen LogP) is 2.73. The van der Waals surface area contributed by atoms with E-state index in [1.165, 1.54) is 28.2 Å². The summed E-state index contributed by atoms with van der Waals surface area (Å²) >= 11 is 1.19. The molecule has 0 radical (unpaired) electrons. The molecule has 8 nitrogen and oxygen atoms in total. The Bertz CT molecular complexity index is 873. The second kappa shape index (κ2) is 10.0. The molecule has 1 aromatic carbocycles. The Hall–Kier alpha value is -1.91. The van der Waals surface area contributed by atoms with Crippen LogP contribution in [0, 0.1) is 0 Å². The Balaban J connectivity index is 2.08. The summed E-state index contributed by atoms with van der Waals surface area (Å²) in [6.07, 6.45) is 0. The lowest BCUT2D eigenvalue weighted by atomic mass is 10.2. The van der Waals surface area contributed by atoms with Crippen molar-refractivity contribution in [2.24, 2.45) is 0 Å². The van der Waals surface area contributed by atoms with Gasteiger partial charge in [-0.15, -0.1) is 10.2 Å². The summed E-state index contributed by atoms with van der Waals surface area (Å²) in [6.45, 7) is 9.62. The summed E-state index contributed by atoms with van der Waals surface area (Å²) in [4.78, 5) is 14.0. The number of rotatable bonds is 10. The van der Waals surface area contributed by atoms with E-state index in [4.69, 9.17) is 4.42 Å². The molecule has 10 heteroatoms. The third-order valence-electron chi connectivity index (χ3n) is 4.29. The highest BCUT2D eigenvalue weighted by Crippen LogP contribution is 2.25. The van der Waals surface area contributed by atoms with Crippen LogP contribution in [0.25, 0.3) is 11.5 Å². The van der Waals surface area contributed by atoms with Gasteiger partial charge in [-0.25, -0.2) is 8.42 Å². The maximum atomic E-state index is 12.5. The fourth-order valence-electron chi connectivity index (χ4n) is 2.66. The molecular formula is C18H26N4O4S2. The van der Waals surface area contributed by atoms with Gasteiger partial charge in [0.2, 0.25) is 21.8 Å². The Morgan fingerprint density at radius 1 is 1.00 bits per heavy atom. The van der Waals surface area contributed by atoms with Gasteiger partial charge in [0.15, 0.2) is 0 Å². The van der Waals surface area contributed by atoms with Gasteiger partial charge in [0.1, 0.15) is 0 Å². The second-order valence-electron chi connectivity index (χ2n) is 5.84. The summed E-state index contributed by atoms with van der Waals surface area (Å²) < 4.78 is 32.1. The first-order valence-electron chi connectivity index (χ1n) is 9.21. The van der Waals surface area contributed by atoms with E-state index in [1.54, 1.807) is 30.9 Å². The fraction of sp³-hybridized carbons (Fsp3) is 0.500. The Labute approximate surface area is 170 Å². The number of nitrogens with zero attached hydrogens (tertiary/aromatic N) is 4. The van der Waals surface area contributed by atoms with E-state index in [9.17, 15) is 13.2 Å². The smallest absolute Gasteiger partial charge is 0.277 e. The van der Waals surface area contributed by atoms with Crippen LogP contribution in [0.5, 0.6) is 0 Å². The second-order valence-corrected chi connectivity index (χ2v) is 8.71. The molecule has 0 atom stereocenters. The number of sulfonamides is 1. The average molecular weight is 427 g/mol. The average Bonchev–Trinajstić information content (AvgIpc) is 3.17. The van der Waals surface area contributed by atoms with Crippen molar-refractivity contribution in [1.82, 2.24) is 19.4 Å². The number of benzene rings is 1. The van der Waals surface area contributed by atoms with Crippen molar-refractivity contribution in [3.8, 4) is 11.5 Å². The van der Waals surface area contributed by atoms with Crippen molar-refractivity contribution in [3.63, 3.8) is 0 Å². The Kier molecular flexibility index (Phi) is 8.02. The zero-order valence-electron chi connectivity index (χ0n) is 16.6. The first-order valence-corrected chi connectivity index (χ1v) is 11.6. The predicted molar refractivity (Wildman–Crippen MR) is 108 cm³/mol. The zero-order valence-corrected chi connectivity index (χ0v) is 18.2. The van der Waals surface area contributed by atoms with Crippen LogP contribution in [0.3, 0.4) is 0 Å². The SMILES string of the molecule is CCN(CC)C(=O)CSc1nnc(-c2ccc(S(=O)(=O)N(CC)CC)cc2)o1. The third-order valence-corrected chi connectivity index (χ3v) is 7.15. The molecule has 2 aromatic rings. The van der Waals surface area contributed by atoms with Crippen molar-refractivity contribution in [2.75, 3.05) is 31.9 Å². The molecule has 0 bridgehead atoms. The Morgan fingerprint density at radius 3 is 2.14 bits per heavy atom. The van der Waals surface area contributed by atoms with E-state index < -0.39 is 10.0 Å². The van der Waals surface area contributed by atoms with Gasteiger partial charge < -0.3 is 9.32 Å². The molecule has 0 unspecified atom stereocenters. The zero-order chi connectivity index (χ0) is 20.7. The molecule has 0 spiro atoms. The van der Waals surface area contributed by atoms with Crippen LogP contribution in [0.4, 0.5) is 0 Å². The van der Waals surface area contributed by atoms with Gasteiger partial charge >= 0.3 is 0 Å². The maximum absolute atomic E-state index is 12.5. The van der Waals surface area contributed by atoms with Crippen LogP contribution in [0.1, 0.15) is 27.7 Å². The van der Waals surface area contributed by atoms with Crippen molar-refractivity contribution in [1.29, 1.82) is 0 Å². The Morgan fingerprint density at radius 2 is 1.61 bits per heavy atom. The number of carbonyl (C=O) groups excluding carboxylic acids is 1. The van der Waals surface area contributed by atoms with E-state index in [0.29, 0.717) is 37.0 Å². The fourth-order valence-corrected chi connectivity index (χ4v) is 4.78. The number of carbonyl (C=O) groups is 1. The normalized spacial score (nSPS) is 11.8. The molecule has 2 rings (SSSR count). The van der Waals surface area contributed by atoms with Gasteiger partial charge in [-0.05, 0) is 38.1 Å². The molecule has 0 saturated carbocycles. The monoisotopic (exact) mass is 426 g/mol. The molecule has 0 aliphatic heterocycles. The van der Waals surface area contributed by atoms with Crippen LogP contribution >= 0.6 is 11.8 Å². The number of thioether (sulfide) groups is 1. The van der Waals surface area contributed by atoms with Gasteiger partial charge in [-0.2, -0.15) is 4.31 Å². The van der Waals surface area contributed by atoms with Crippen molar-refractivity contribution in [3.05, 3.63) is 24.3 Å². The first kappa shape index (κ1) is 22.4. The lowest BCUT2D eigenvalue weighted by Gasteiger charge is -2.18. The molecule has 28 heavy (non-hydrogen) atoms. The number of hydrogen-bond donors (Lipinski definition) is 0. The van der Waals surface area contributed by atoms with E-state index in [2.05, 4.69) is 10.2 Å². The summed E-state index contributed by atoms with van der Waals surface area (Å²) in [7, 11) is -3.51. The van der Waals surface area contributed by atoms with Gasteiger partial charge in [-0.3, -0.25) is 4.79 Å². The lowest BCUT2D eigenvalue weighted by Crippen LogP contribution is -2.31. The third kappa shape index (κ3) is 5.12. The van der Waals surface area contributed by atoms with Crippen LogP contribution in [-0.2, 0) is 14.8 Å². The molecule has 154 valence electrons. The van der Waals surface area contributed by atoms with Crippen molar-refractivity contribution < 1.29 is 17.6 Å². The highest BCUT2D eigenvalue weighted by Gasteiger charge is 2.22. The molecule has 1 amide bonds. The summed E-state index contributed by atoms with van der Waals surface area (Å²) in [5, 5.41) is 8.24. The molecule has 0 saturated heterocycles. The van der Waals surface area contributed by atoms with E-state index in [1.807, 2.05) is 13.8 Å². The number of amides is 1. The summed E-state index contributed by atoms with van der Waals surface area (Å²) in [5.41, 5.74) is 0.618. The number of aromatic nitrogens is 2. The molecule has 1 heterocycles. The van der Waals surface area contributed by atoms with Crippen molar-refractivity contribution >= 4 is 27.7 Å². The minimum atomic E-state index is -3.51. The number of hydrogen-bond acceptors (Lipinski definition) is 7. The highest BCUT2D eigenvalue weighted by atomic mass is 32.2. The lowest BCUT2D eigenvalue weighted by molar-refractivity contribution is -0.127. The minimum Gasteiger partial charge on any atom is -0.411 e. The molecule has 0 fully saturated rings. The minimum absolute atomic E-state index is 0.0145. The van der Waals surface area contributed by atoms with Gasteiger partial charge in [0.05, 0.1) is 10.6 Å². The van der Waals surface area contributed by atoms with E-state index in [-0.39, 0.29) is 22.4 Å². The van der Waals surface area contributed by atoms with Crippen molar-refractivity contribution in [2.45, 2.75) is 37.8 Å². The van der Waals surface area contributed by atoms with Gasteiger partial charge in [0, 0.05) is 31.7 Å². The summed E-state index contributed by atoms with van der Waals surface area (Å²) in [5.74, 6) is 0.523. The van der Waals surface area contributed by atoms with Gasteiger partial charge in [-0.1, -0.05) is 25.6 Å².